The van der Waals surface area contributed by atoms with Gasteiger partial charge in [-0.2, -0.15) is 0 Å². The molecule has 0 aliphatic heterocycles. The molecular weight excluding hydrogens is 199 g/mol. The largest absolute Gasteiger partial charge is 0.505 e. The average Bonchev–Trinajstić information content (AvgIpc) is 2.21. The predicted molar refractivity (Wildman–Crippen MR) is 53.9 cm³/mol. The number of phenolic OH excluding ortho intramolecular Hbond substituents is 1. The van der Waals surface area contributed by atoms with Gasteiger partial charge in [0, 0.05) is 6.61 Å². The Bertz CT molecular complexity index is 328. The molecule has 0 aliphatic rings. The molecule has 0 aliphatic carbocycles. The highest BCUT2D eigenvalue weighted by Crippen LogP contribution is 2.27. The molecule has 0 saturated carbocycles. The van der Waals surface area contributed by atoms with Crippen LogP contribution in [0.3, 0.4) is 0 Å². The Kier molecular flexibility index (Phi) is 4.05. The molecule has 0 unspecified atom stereocenters. The Morgan fingerprint density at radius 1 is 1.40 bits per heavy atom. The first-order valence-electron chi connectivity index (χ1n) is 4.83. The van der Waals surface area contributed by atoms with Gasteiger partial charge in [-0.3, -0.25) is 0 Å². The van der Waals surface area contributed by atoms with Crippen molar-refractivity contribution in [2.24, 2.45) is 5.92 Å². The normalized spacial score (nSPS) is 14.9. The molecule has 0 amide bonds. The van der Waals surface area contributed by atoms with E-state index in [-0.39, 0.29) is 12.5 Å². The van der Waals surface area contributed by atoms with Crippen molar-refractivity contribution in [1.29, 1.82) is 0 Å². The summed E-state index contributed by atoms with van der Waals surface area (Å²) in [4.78, 5) is 0. The van der Waals surface area contributed by atoms with Crippen molar-refractivity contribution in [2.75, 3.05) is 6.61 Å². The Morgan fingerprint density at radius 3 is 2.60 bits per heavy atom. The number of phenols is 1. The van der Waals surface area contributed by atoms with E-state index in [9.17, 15) is 9.50 Å². The summed E-state index contributed by atoms with van der Waals surface area (Å²) in [6.07, 6.45) is -0.379. The molecule has 0 spiro atoms. The summed E-state index contributed by atoms with van der Waals surface area (Å²) in [5.74, 6) is -1.33. The molecule has 1 rings (SSSR count). The lowest BCUT2D eigenvalue weighted by atomic mass is 9.95. The maximum atomic E-state index is 13.0. The van der Waals surface area contributed by atoms with Gasteiger partial charge in [-0.1, -0.05) is 13.0 Å². The van der Waals surface area contributed by atoms with Crippen molar-refractivity contribution in [3.8, 4) is 5.75 Å². The van der Waals surface area contributed by atoms with Gasteiger partial charge >= 0.3 is 0 Å². The molecule has 0 aromatic heterocycles. The summed E-state index contributed by atoms with van der Waals surface area (Å²) < 4.78 is 13.0. The van der Waals surface area contributed by atoms with Gasteiger partial charge in [0.1, 0.15) is 0 Å². The molecule has 2 atom stereocenters. The minimum absolute atomic E-state index is 0.0151. The third-order valence-electron chi connectivity index (χ3n) is 2.44. The number of hydrogen-bond donors (Lipinski definition) is 3. The van der Waals surface area contributed by atoms with Crippen LogP contribution in [0.15, 0.2) is 18.2 Å². The highest BCUT2D eigenvalue weighted by atomic mass is 19.1. The molecule has 0 radical (unpaired) electrons. The van der Waals surface area contributed by atoms with E-state index < -0.39 is 17.7 Å². The van der Waals surface area contributed by atoms with Gasteiger partial charge in [0.05, 0.1) is 6.10 Å². The van der Waals surface area contributed by atoms with E-state index in [1.165, 1.54) is 12.1 Å². The number of aliphatic hydroxyl groups is 2. The van der Waals surface area contributed by atoms with Crippen molar-refractivity contribution >= 4 is 0 Å². The lowest BCUT2D eigenvalue weighted by Crippen LogP contribution is -2.10. The maximum absolute atomic E-state index is 13.0. The number of halogens is 1. The second kappa shape index (κ2) is 5.09. The van der Waals surface area contributed by atoms with E-state index in [4.69, 9.17) is 10.2 Å². The first-order chi connectivity index (χ1) is 7.06. The van der Waals surface area contributed by atoms with Crippen LogP contribution in [-0.4, -0.2) is 21.9 Å². The quantitative estimate of drug-likeness (QED) is 0.713. The third kappa shape index (κ3) is 2.91. The molecule has 0 fully saturated rings. The van der Waals surface area contributed by atoms with E-state index in [0.29, 0.717) is 12.0 Å². The second-order valence-corrected chi connectivity index (χ2v) is 3.65. The summed E-state index contributed by atoms with van der Waals surface area (Å²) in [5, 5.41) is 27.5. The fraction of sp³-hybridized carbons (Fsp3) is 0.455. The van der Waals surface area contributed by atoms with E-state index >= 15 is 0 Å². The van der Waals surface area contributed by atoms with Gasteiger partial charge in [0.2, 0.25) is 0 Å². The van der Waals surface area contributed by atoms with E-state index in [0.717, 1.165) is 6.07 Å². The smallest absolute Gasteiger partial charge is 0.165 e. The zero-order chi connectivity index (χ0) is 11.4. The minimum atomic E-state index is -0.827. The molecule has 1 aromatic carbocycles. The molecule has 0 heterocycles. The number of aliphatic hydroxyl groups excluding tert-OH is 2. The number of aromatic hydroxyl groups is 1. The topological polar surface area (TPSA) is 60.7 Å². The molecule has 4 heteroatoms. The fourth-order valence-electron chi connectivity index (χ4n) is 1.40. The summed E-state index contributed by atoms with van der Waals surface area (Å²) in [5.41, 5.74) is 0.409. The summed E-state index contributed by atoms with van der Waals surface area (Å²) >= 11 is 0. The molecule has 15 heavy (non-hydrogen) atoms. The molecule has 3 N–H and O–H groups in total. The van der Waals surface area contributed by atoms with Crippen LogP contribution in [0.1, 0.15) is 25.0 Å². The van der Waals surface area contributed by atoms with Gasteiger partial charge in [-0.25, -0.2) is 4.39 Å². The van der Waals surface area contributed by atoms with Crippen molar-refractivity contribution < 1.29 is 19.7 Å². The van der Waals surface area contributed by atoms with Crippen LogP contribution < -0.4 is 0 Å². The van der Waals surface area contributed by atoms with Gasteiger partial charge in [-0.15, -0.1) is 0 Å². The van der Waals surface area contributed by atoms with Crippen LogP contribution in [0.4, 0.5) is 4.39 Å². The van der Waals surface area contributed by atoms with Crippen molar-refractivity contribution in [3.05, 3.63) is 29.6 Å². The van der Waals surface area contributed by atoms with Crippen molar-refractivity contribution in [2.45, 2.75) is 19.4 Å². The third-order valence-corrected chi connectivity index (χ3v) is 2.44. The number of hydrogen-bond acceptors (Lipinski definition) is 3. The van der Waals surface area contributed by atoms with Crippen molar-refractivity contribution in [3.63, 3.8) is 0 Å². The van der Waals surface area contributed by atoms with E-state index in [1.807, 2.05) is 0 Å². The lowest BCUT2D eigenvalue weighted by molar-refractivity contribution is 0.0987. The molecule has 1 aromatic rings. The zero-order valence-electron chi connectivity index (χ0n) is 8.52. The highest BCUT2D eigenvalue weighted by molar-refractivity contribution is 5.29. The van der Waals surface area contributed by atoms with E-state index in [1.54, 1.807) is 6.92 Å². The molecular formula is C11H15FO3. The summed E-state index contributed by atoms with van der Waals surface area (Å²) in [6, 6.07) is 3.78. The van der Waals surface area contributed by atoms with Crippen LogP contribution in [0.25, 0.3) is 0 Å². The average molecular weight is 214 g/mol. The number of benzene rings is 1. The van der Waals surface area contributed by atoms with Gasteiger partial charge < -0.3 is 15.3 Å². The standard InChI is InChI=1S/C11H15FO3/c1-7(4-5-13)11(15)8-2-3-10(14)9(12)6-8/h2-3,6-7,11,13-15H,4-5H2,1H3/t7-,11-/m1/s1. The predicted octanol–water partition coefficient (Wildman–Crippen LogP) is 1.58. The lowest BCUT2D eigenvalue weighted by Gasteiger charge is -2.18. The Labute approximate surface area is 87.8 Å². The summed E-state index contributed by atoms with van der Waals surface area (Å²) in [7, 11) is 0. The SMILES string of the molecule is C[C@H](CCO)[C@@H](O)c1ccc(O)c(F)c1. The molecule has 0 bridgehead atoms. The molecule has 3 nitrogen and oxygen atoms in total. The first-order valence-corrected chi connectivity index (χ1v) is 4.83. The Hall–Kier alpha value is -1.13. The van der Waals surface area contributed by atoms with Crippen LogP contribution >= 0.6 is 0 Å². The molecule has 0 saturated heterocycles. The van der Waals surface area contributed by atoms with Gasteiger partial charge in [-0.05, 0) is 30.0 Å². The van der Waals surface area contributed by atoms with Crippen LogP contribution in [0, 0.1) is 11.7 Å². The van der Waals surface area contributed by atoms with Crippen LogP contribution in [0.2, 0.25) is 0 Å². The molecule has 84 valence electrons. The fourth-order valence-corrected chi connectivity index (χ4v) is 1.40. The van der Waals surface area contributed by atoms with Crippen LogP contribution in [-0.2, 0) is 0 Å². The minimum Gasteiger partial charge on any atom is -0.505 e. The van der Waals surface area contributed by atoms with Crippen molar-refractivity contribution in [1.82, 2.24) is 0 Å². The van der Waals surface area contributed by atoms with Crippen LogP contribution in [0.5, 0.6) is 5.75 Å². The summed E-state index contributed by atoms with van der Waals surface area (Å²) in [6.45, 7) is 1.75. The van der Waals surface area contributed by atoms with Gasteiger partial charge in [0.25, 0.3) is 0 Å². The second-order valence-electron chi connectivity index (χ2n) is 3.65. The number of rotatable bonds is 4. The maximum Gasteiger partial charge on any atom is 0.165 e. The Balaban J connectivity index is 2.81. The van der Waals surface area contributed by atoms with Gasteiger partial charge in [0.15, 0.2) is 11.6 Å². The highest BCUT2D eigenvalue weighted by Gasteiger charge is 2.17. The first kappa shape index (κ1) is 11.9. The Morgan fingerprint density at radius 2 is 2.07 bits per heavy atom. The zero-order valence-corrected chi connectivity index (χ0v) is 8.52. The van der Waals surface area contributed by atoms with E-state index in [2.05, 4.69) is 0 Å². The monoisotopic (exact) mass is 214 g/mol.